The summed E-state index contributed by atoms with van der Waals surface area (Å²) in [6.07, 6.45) is 3.64. The fourth-order valence-corrected chi connectivity index (χ4v) is 3.08. The maximum Gasteiger partial charge on any atom is 0.258 e. The molecule has 4 heteroatoms. The third-order valence-electron chi connectivity index (χ3n) is 3.78. The smallest absolute Gasteiger partial charge is 0.258 e. The summed E-state index contributed by atoms with van der Waals surface area (Å²) in [5.74, 6) is 0.0354. The third kappa shape index (κ3) is 2.62. The molecule has 2 aromatic rings. The zero-order valence-corrected chi connectivity index (χ0v) is 13.3. The lowest BCUT2D eigenvalue weighted by molar-refractivity contribution is 0.0707. The van der Waals surface area contributed by atoms with Crippen molar-refractivity contribution in [2.24, 2.45) is 0 Å². The topological polar surface area (TPSA) is 32.3 Å². The molecule has 0 fully saturated rings. The second-order valence-electron chi connectivity index (χ2n) is 5.11. The largest absolute Gasteiger partial charge is 0.361 e. The first kappa shape index (κ1) is 14.7. The summed E-state index contributed by atoms with van der Waals surface area (Å²) in [5.41, 5.74) is 2.66. The Bertz CT molecular complexity index is 696. The van der Waals surface area contributed by atoms with E-state index in [0.717, 1.165) is 11.3 Å². The number of carbonyl (C=O) groups excluding carboxylic acids is 1. The minimum atomic E-state index is -0.170. The molecule has 0 aliphatic carbocycles. The highest BCUT2D eigenvalue weighted by atomic mass is 32.2. The van der Waals surface area contributed by atoms with E-state index in [0.29, 0.717) is 12.1 Å². The zero-order valence-electron chi connectivity index (χ0n) is 12.5. The van der Waals surface area contributed by atoms with Crippen LogP contribution >= 0.6 is 11.8 Å². The van der Waals surface area contributed by atoms with Gasteiger partial charge in [-0.1, -0.05) is 30.3 Å². The van der Waals surface area contributed by atoms with Gasteiger partial charge in [0.1, 0.15) is 6.17 Å². The van der Waals surface area contributed by atoms with E-state index in [2.05, 4.69) is 42.4 Å². The number of anilines is 1. The van der Waals surface area contributed by atoms with Gasteiger partial charge < -0.3 is 10.2 Å². The van der Waals surface area contributed by atoms with Crippen LogP contribution in [0, 0.1) is 0 Å². The molecule has 1 amide bonds. The van der Waals surface area contributed by atoms with Crippen molar-refractivity contribution in [3.63, 3.8) is 0 Å². The van der Waals surface area contributed by atoms with Crippen LogP contribution in [0.3, 0.4) is 0 Å². The second kappa shape index (κ2) is 6.28. The Labute approximate surface area is 135 Å². The van der Waals surface area contributed by atoms with Gasteiger partial charge in [-0.25, -0.2) is 0 Å². The minimum absolute atomic E-state index is 0.0354. The van der Waals surface area contributed by atoms with Crippen molar-refractivity contribution in [1.82, 2.24) is 4.90 Å². The van der Waals surface area contributed by atoms with Gasteiger partial charge >= 0.3 is 0 Å². The number of para-hydroxylation sites is 1. The van der Waals surface area contributed by atoms with Crippen molar-refractivity contribution in [2.75, 3.05) is 18.1 Å². The molecule has 0 bridgehead atoms. The first-order chi connectivity index (χ1) is 10.7. The molecule has 3 nitrogen and oxygen atoms in total. The van der Waals surface area contributed by atoms with Gasteiger partial charge in [-0.3, -0.25) is 4.79 Å². The highest BCUT2D eigenvalue weighted by Crippen LogP contribution is 2.33. The monoisotopic (exact) mass is 310 g/mol. The Morgan fingerprint density at radius 1 is 1.23 bits per heavy atom. The van der Waals surface area contributed by atoms with Crippen molar-refractivity contribution in [1.29, 1.82) is 0 Å². The molecule has 0 saturated carbocycles. The summed E-state index contributed by atoms with van der Waals surface area (Å²) in [5, 5.41) is 3.47. The van der Waals surface area contributed by atoms with E-state index in [1.807, 2.05) is 29.2 Å². The van der Waals surface area contributed by atoms with Crippen LogP contribution in [-0.4, -0.2) is 23.6 Å². The summed E-state index contributed by atoms with van der Waals surface area (Å²) in [6.45, 7) is 4.28. The second-order valence-corrected chi connectivity index (χ2v) is 5.99. The van der Waals surface area contributed by atoms with Gasteiger partial charge in [0.2, 0.25) is 0 Å². The lowest BCUT2D eigenvalue weighted by atomic mass is 10.0. The number of benzene rings is 2. The molecule has 1 aliphatic rings. The number of thioether (sulfide) groups is 1. The molecule has 1 unspecified atom stereocenters. The van der Waals surface area contributed by atoms with E-state index in [1.165, 1.54) is 4.90 Å². The molecular formula is C18H18N2OS. The summed E-state index contributed by atoms with van der Waals surface area (Å²) in [6, 6.07) is 15.9. The lowest BCUT2D eigenvalue weighted by Crippen LogP contribution is -2.42. The molecule has 1 heterocycles. The molecule has 0 spiro atoms. The quantitative estimate of drug-likeness (QED) is 0.680. The molecule has 0 saturated heterocycles. The van der Waals surface area contributed by atoms with Gasteiger partial charge in [0.15, 0.2) is 0 Å². The average molecular weight is 310 g/mol. The van der Waals surface area contributed by atoms with Crippen molar-refractivity contribution in [3.8, 4) is 0 Å². The number of rotatable bonds is 4. The summed E-state index contributed by atoms with van der Waals surface area (Å²) in [4.78, 5) is 15.8. The molecule has 1 atom stereocenters. The van der Waals surface area contributed by atoms with Crippen LogP contribution in [0.15, 0.2) is 66.1 Å². The standard InChI is InChI=1S/C18H18N2OS/c1-3-12-20-17(13-8-10-14(22-2)11-9-13)19-16-7-5-4-6-15(16)18(20)21/h3-11,17,19H,1,12H2,2H3. The number of carbonyl (C=O) groups is 1. The van der Waals surface area contributed by atoms with Crippen LogP contribution in [-0.2, 0) is 0 Å². The Morgan fingerprint density at radius 2 is 1.95 bits per heavy atom. The van der Waals surface area contributed by atoms with Gasteiger partial charge in [0.25, 0.3) is 5.91 Å². The molecule has 0 aromatic heterocycles. The van der Waals surface area contributed by atoms with E-state index in [9.17, 15) is 4.79 Å². The van der Waals surface area contributed by atoms with Gasteiger partial charge in [0.05, 0.1) is 5.56 Å². The van der Waals surface area contributed by atoms with Crippen LogP contribution in [0.1, 0.15) is 22.1 Å². The maximum atomic E-state index is 12.7. The van der Waals surface area contributed by atoms with E-state index < -0.39 is 0 Å². The van der Waals surface area contributed by atoms with Crippen LogP contribution < -0.4 is 5.32 Å². The Kier molecular flexibility index (Phi) is 4.20. The molecule has 1 aliphatic heterocycles. The molecule has 1 N–H and O–H groups in total. The maximum absolute atomic E-state index is 12.7. The van der Waals surface area contributed by atoms with Gasteiger partial charge in [-0.15, -0.1) is 18.3 Å². The number of hydrogen-bond acceptors (Lipinski definition) is 3. The fourth-order valence-electron chi connectivity index (χ4n) is 2.67. The number of amides is 1. The first-order valence-corrected chi connectivity index (χ1v) is 8.38. The Balaban J connectivity index is 2.00. The van der Waals surface area contributed by atoms with Gasteiger partial charge in [0, 0.05) is 17.1 Å². The van der Waals surface area contributed by atoms with Crippen molar-refractivity contribution in [3.05, 3.63) is 72.3 Å². The molecule has 22 heavy (non-hydrogen) atoms. The van der Waals surface area contributed by atoms with Gasteiger partial charge in [-0.2, -0.15) is 0 Å². The summed E-state index contributed by atoms with van der Waals surface area (Å²) < 4.78 is 0. The fraction of sp³-hybridized carbons (Fsp3) is 0.167. The molecule has 112 valence electrons. The minimum Gasteiger partial charge on any atom is -0.361 e. The molecule has 0 radical (unpaired) electrons. The zero-order chi connectivity index (χ0) is 15.5. The molecular weight excluding hydrogens is 292 g/mol. The van der Waals surface area contributed by atoms with Crippen LogP contribution in [0.4, 0.5) is 5.69 Å². The van der Waals surface area contributed by atoms with Crippen LogP contribution in [0.5, 0.6) is 0 Å². The lowest BCUT2D eigenvalue weighted by Gasteiger charge is -2.37. The van der Waals surface area contributed by atoms with Crippen LogP contribution in [0.25, 0.3) is 0 Å². The van der Waals surface area contributed by atoms with Crippen molar-refractivity contribution in [2.45, 2.75) is 11.1 Å². The summed E-state index contributed by atoms with van der Waals surface area (Å²) >= 11 is 1.71. The van der Waals surface area contributed by atoms with Crippen LogP contribution in [0.2, 0.25) is 0 Å². The predicted molar refractivity (Wildman–Crippen MR) is 92.3 cm³/mol. The van der Waals surface area contributed by atoms with E-state index >= 15 is 0 Å². The predicted octanol–water partition coefficient (Wildman–Crippen LogP) is 4.16. The highest BCUT2D eigenvalue weighted by molar-refractivity contribution is 7.98. The number of nitrogens with one attached hydrogen (secondary N) is 1. The highest BCUT2D eigenvalue weighted by Gasteiger charge is 2.31. The van der Waals surface area contributed by atoms with E-state index in [-0.39, 0.29) is 12.1 Å². The SMILES string of the molecule is C=CCN1C(=O)c2ccccc2NC1c1ccc(SC)cc1. The Morgan fingerprint density at radius 3 is 2.64 bits per heavy atom. The summed E-state index contributed by atoms with van der Waals surface area (Å²) in [7, 11) is 0. The van der Waals surface area contributed by atoms with E-state index in [1.54, 1.807) is 17.8 Å². The van der Waals surface area contributed by atoms with Gasteiger partial charge in [-0.05, 0) is 36.1 Å². The average Bonchev–Trinajstić information content (AvgIpc) is 2.57. The normalized spacial score (nSPS) is 16.9. The first-order valence-electron chi connectivity index (χ1n) is 7.16. The van der Waals surface area contributed by atoms with Crippen molar-refractivity contribution < 1.29 is 4.79 Å². The molecule has 3 rings (SSSR count). The third-order valence-corrected chi connectivity index (χ3v) is 4.52. The Hall–Kier alpha value is -2.20. The number of hydrogen-bond donors (Lipinski definition) is 1. The number of nitrogens with zero attached hydrogens (tertiary/aromatic N) is 1. The number of fused-ring (bicyclic) bond motifs is 1. The van der Waals surface area contributed by atoms with E-state index in [4.69, 9.17) is 0 Å². The van der Waals surface area contributed by atoms with Crippen molar-refractivity contribution >= 4 is 23.4 Å². The molecule has 2 aromatic carbocycles.